The van der Waals surface area contributed by atoms with Crippen LogP contribution in [0.5, 0.6) is 0 Å². The van der Waals surface area contributed by atoms with E-state index in [1.54, 1.807) is 0 Å². The number of carbonyl (C=O) groups is 2. The van der Waals surface area contributed by atoms with Gasteiger partial charge in [-0.15, -0.1) is 11.3 Å². The van der Waals surface area contributed by atoms with Crippen LogP contribution in [-0.4, -0.2) is 41.3 Å². The Balaban J connectivity index is 1.90. The van der Waals surface area contributed by atoms with Crippen molar-refractivity contribution in [3.8, 4) is 0 Å². The number of likely N-dealkylation sites (tertiary alicyclic amines) is 1. The van der Waals surface area contributed by atoms with E-state index in [0.29, 0.717) is 12.5 Å². The van der Waals surface area contributed by atoms with Crippen LogP contribution in [0, 0.1) is 18.8 Å². The quantitative estimate of drug-likeness (QED) is 0.640. The zero-order valence-corrected chi connectivity index (χ0v) is 18.2. The third-order valence-corrected chi connectivity index (χ3v) is 6.19. The topological polar surface area (TPSA) is 62.3 Å². The highest BCUT2D eigenvalue weighted by Gasteiger charge is 2.30. The van der Waals surface area contributed by atoms with Gasteiger partial charge in [0.25, 0.3) is 5.91 Å². The largest absolute Gasteiger partial charge is 0.356 e. The van der Waals surface area contributed by atoms with Crippen LogP contribution in [0.15, 0.2) is 0 Å². The summed E-state index contributed by atoms with van der Waals surface area (Å²) in [6.07, 6.45) is 7.27. The lowest BCUT2D eigenvalue weighted by atomic mass is 9.97. The molecule has 1 N–H and O–H groups in total. The third-order valence-electron chi connectivity index (χ3n) is 5.03. The summed E-state index contributed by atoms with van der Waals surface area (Å²) >= 11 is 1.52. The Morgan fingerprint density at radius 1 is 1.30 bits per heavy atom. The Hall–Kier alpha value is -1.43. The van der Waals surface area contributed by atoms with Crippen molar-refractivity contribution in [3.63, 3.8) is 0 Å². The van der Waals surface area contributed by atoms with E-state index in [1.165, 1.54) is 24.2 Å². The van der Waals surface area contributed by atoms with Gasteiger partial charge in [0.15, 0.2) is 0 Å². The Labute approximate surface area is 167 Å². The molecule has 1 unspecified atom stereocenters. The van der Waals surface area contributed by atoms with Crippen LogP contribution in [-0.2, 0) is 11.2 Å². The molecule has 5 nitrogen and oxygen atoms in total. The predicted octanol–water partition coefficient (Wildman–Crippen LogP) is 4.20. The fourth-order valence-corrected chi connectivity index (χ4v) is 4.76. The molecule has 0 aliphatic carbocycles. The van der Waals surface area contributed by atoms with Gasteiger partial charge in [0.2, 0.25) is 5.91 Å². The fourth-order valence-electron chi connectivity index (χ4n) is 3.51. The van der Waals surface area contributed by atoms with Gasteiger partial charge in [0, 0.05) is 26.1 Å². The van der Waals surface area contributed by atoms with Crippen LogP contribution in [0.2, 0.25) is 0 Å². The van der Waals surface area contributed by atoms with Gasteiger partial charge in [-0.1, -0.05) is 40.0 Å². The molecular weight excluding hydrogens is 358 g/mol. The molecule has 0 radical (unpaired) electrons. The summed E-state index contributed by atoms with van der Waals surface area (Å²) in [6, 6.07) is 0. The second-order valence-corrected chi connectivity index (χ2v) is 9.15. The Kier molecular flexibility index (Phi) is 8.74. The SMILES string of the molecule is CCCCCCNC(=O)C1CCCN(C(=O)c2sc(CC(C)C)nc2C)C1. The van der Waals surface area contributed by atoms with E-state index in [2.05, 4.69) is 31.1 Å². The number of amides is 2. The maximum atomic E-state index is 13.0. The number of nitrogens with one attached hydrogen (secondary N) is 1. The number of carbonyl (C=O) groups excluding carboxylic acids is 2. The lowest BCUT2D eigenvalue weighted by molar-refractivity contribution is -0.126. The van der Waals surface area contributed by atoms with Crippen molar-refractivity contribution in [1.29, 1.82) is 0 Å². The number of rotatable bonds is 9. The zero-order valence-electron chi connectivity index (χ0n) is 17.3. The molecule has 0 spiro atoms. The van der Waals surface area contributed by atoms with Gasteiger partial charge in [-0.25, -0.2) is 4.98 Å². The maximum Gasteiger partial charge on any atom is 0.265 e. The van der Waals surface area contributed by atoms with E-state index in [4.69, 9.17) is 0 Å². The number of unbranched alkanes of at least 4 members (excludes halogenated alkanes) is 3. The van der Waals surface area contributed by atoms with Gasteiger partial charge < -0.3 is 10.2 Å². The molecule has 1 saturated heterocycles. The molecule has 1 aliphatic rings. The molecule has 152 valence electrons. The molecule has 2 heterocycles. The van der Waals surface area contributed by atoms with Crippen molar-refractivity contribution in [2.75, 3.05) is 19.6 Å². The van der Waals surface area contributed by atoms with Crippen LogP contribution in [0.1, 0.15) is 79.7 Å². The second-order valence-electron chi connectivity index (χ2n) is 8.06. The van der Waals surface area contributed by atoms with Gasteiger partial charge >= 0.3 is 0 Å². The van der Waals surface area contributed by atoms with Gasteiger partial charge in [0.05, 0.1) is 16.6 Å². The van der Waals surface area contributed by atoms with Gasteiger partial charge in [-0.3, -0.25) is 9.59 Å². The molecule has 1 atom stereocenters. The summed E-state index contributed by atoms with van der Waals surface area (Å²) in [6.45, 7) is 10.4. The molecule has 27 heavy (non-hydrogen) atoms. The molecule has 0 saturated carbocycles. The minimum absolute atomic E-state index is 0.0421. The lowest BCUT2D eigenvalue weighted by Gasteiger charge is -2.31. The minimum atomic E-state index is -0.0859. The fraction of sp³-hybridized carbons (Fsp3) is 0.762. The van der Waals surface area contributed by atoms with E-state index in [9.17, 15) is 9.59 Å². The first kappa shape index (κ1) is 21.9. The molecule has 2 amide bonds. The van der Waals surface area contributed by atoms with Crippen molar-refractivity contribution in [1.82, 2.24) is 15.2 Å². The number of aryl methyl sites for hydroxylation is 1. The molecule has 2 rings (SSSR count). The van der Waals surface area contributed by atoms with E-state index in [0.717, 1.165) is 60.8 Å². The summed E-state index contributed by atoms with van der Waals surface area (Å²) in [5, 5.41) is 4.09. The summed E-state index contributed by atoms with van der Waals surface area (Å²) in [4.78, 5) is 32.6. The molecule has 1 aromatic heterocycles. The molecule has 0 aromatic carbocycles. The van der Waals surface area contributed by atoms with Crippen molar-refractivity contribution >= 4 is 23.2 Å². The second kappa shape index (κ2) is 10.8. The number of hydrogen-bond acceptors (Lipinski definition) is 4. The van der Waals surface area contributed by atoms with Crippen LogP contribution in [0.25, 0.3) is 0 Å². The van der Waals surface area contributed by atoms with E-state index >= 15 is 0 Å². The highest BCUT2D eigenvalue weighted by molar-refractivity contribution is 7.13. The number of hydrogen-bond donors (Lipinski definition) is 1. The van der Waals surface area contributed by atoms with E-state index in [1.807, 2.05) is 11.8 Å². The highest BCUT2D eigenvalue weighted by atomic mass is 32.1. The summed E-state index contributed by atoms with van der Waals surface area (Å²) < 4.78 is 0. The highest BCUT2D eigenvalue weighted by Crippen LogP contribution is 2.25. The first-order chi connectivity index (χ1) is 12.9. The van der Waals surface area contributed by atoms with Gasteiger partial charge in [-0.05, 0) is 32.1 Å². The summed E-state index contributed by atoms with van der Waals surface area (Å²) in [7, 11) is 0. The predicted molar refractivity (Wildman–Crippen MR) is 111 cm³/mol. The summed E-state index contributed by atoms with van der Waals surface area (Å²) in [5.41, 5.74) is 0.822. The van der Waals surface area contributed by atoms with Crippen LogP contribution < -0.4 is 5.32 Å². The minimum Gasteiger partial charge on any atom is -0.356 e. The lowest BCUT2D eigenvalue weighted by Crippen LogP contribution is -2.45. The van der Waals surface area contributed by atoms with Crippen molar-refractivity contribution in [2.24, 2.45) is 11.8 Å². The van der Waals surface area contributed by atoms with Crippen LogP contribution >= 0.6 is 11.3 Å². The van der Waals surface area contributed by atoms with E-state index < -0.39 is 0 Å². The van der Waals surface area contributed by atoms with Gasteiger partial charge in [-0.2, -0.15) is 0 Å². The van der Waals surface area contributed by atoms with Gasteiger partial charge in [0.1, 0.15) is 4.88 Å². The first-order valence-electron chi connectivity index (χ1n) is 10.5. The molecule has 1 fully saturated rings. The zero-order chi connectivity index (χ0) is 19.8. The first-order valence-corrected chi connectivity index (χ1v) is 11.3. The molecule has 6 heteroatoms. The number of piperidine rings is 1. The Morgan fingerprint density at radius 3 is 2.78 bits per heavy atom. The number of thiazole rings is 1. The Bertz CT molecular complexity index is 627. The molecule has 1 aliphatic heterocycles. The van der Waals surface area contributed by atoms with Crippen molar-refractivity contribution < 1.29 is 9.59 Å². The monoisotopic (exact) mass is 393 g/mol. The molecule has 0 bridgehead atoms. The molecule has 1 aromatic rings. The smallest absolute Gasteiger partial charge is 0.265 e. The standard InChI is InChI=1S/C21H35N3O2S/c1-5-6-7-8-11-22-20(25)17-10-9-12-24(14-17)21(26)19-16(4)23-18(27-19)13-15(2)3/h15,17H,5-14H2,1-4H3,(H,22,25). The average molecular weight is 394 g/mol. The van der Waals surface area contributed by atoms with Crippen LogP contribution in [0.3, 0.4) is 0 Å². The van der Waals surface area contributed by atoms with Crippen LogP contribution in [0.4, 0.5) is 0 Å². The molecular formula is C21H35N3O2S. The normalized spacial score (nSPS) is 17.4. The third kappa shape index (κ3) is 6.59. The number of nitrogens with zero attached hydrogens (tertiary/aromatic N) is 2. The van der Waals surface area contributed by atoms with Crippen molar-refractivity contribution in [3.05, 3.63) is 15.6 Å². The maximum absolute atomic E-state index is 13.0. The summed E-state index contributed by atoms with van der Waals surface area (Å²) in [5.74, 6) is 0.585. The Morgan fingerprint density at radius 2 is 2.07 bits per heavy atom. The van der Waals surface area contributed by atoms with E-state index in [-0.39, 0.29) is 17.7 Å². The number of aromatic nitrogens is 1. The average Bonchev–Trinajstić information content (AvgIpc) is 3.00. The van der Waals surface area contributed by atoms with Crippen molar-refractivity contribution in [2.45, 2.75) is 72.6 Å².